The Morgan fingerprint density at radius 3 is 2.64 bits per heavy atom. The van der Waals surface area contributed by atoms with E-state index in [2.05, 4.69) is 25.6 Å². The first kappa shape index (κ1) is 17.3. The zero-order valence-electron chi connectivity index (χ0n) is 13.5. The number of methoxy groups -OCH3 is 1. The Kier molecular flexibility index (Phi) is 4.96. The number of H-pyrrole nitrogens is 1. The maximum atomic E-state index is 12.2. The summed E-state index contributed by atoms with van der Waals surface area (Å²) in [4.78, 5) is 23.6. The van der Waals surface area contributed by atoms with Crippen LogP contribution in [-0.2, 0) is 0 Å². The van der Waals surface area contributed by atoms with E-state index in [4.69, 9.17) is 27.9 Å². The number of imidazole rings is 1. The number of anilines is 2. The zero-order chi connectivity index (χ0) is 18.0. The third-order valence-corrected chi connectivity index (χ3v) is 4.06. The van der Waals surface area contributed by atoms with E-state index in [1.807, 2.05) is 6.92 Å². The molecule has 0 aliphatic rings. The van der Waals surface area contributed by atoms with Crippen molar-refractivity contribution in [2.75, 3.05) is 19.0 Å². The van der Waals surface area contributed by atoms with E-state index in [0.717, 1.165) is 0 Å². The molecule has 0 unspecified atom stereocenters. The van der Waals surface area contributed by atoms with Gasteiger partial charge in [-0.05, 0) is 13.0 Å². The number of hydrogen-bond donors (Lipinski definition) is 3. The maximum absolute atomic E-state index is 12.2. The molecule has 3 N–H and O–H groups in total. The van der Waals surface area contributed by atoms with Crippen LogP contribution in [0, 0.1) is 0 Å². The molecule has 0 spiro atoms. The van der Waals surface area contributed by atoms with Gasteiger partial charge in [-0.2, -0.15) is 0 Å². The predicted molar refractivity (Wildman–Crippen MR) is 98.2 cm³/mol. The summed E-state index contributed by atoms with van der Waals surface area (Å²) in [5.74, 6) is 0.655. The summed E-state index contributed by atoms with van der Waals surface area (Å²) in [5.41, 5.74) is 2.22. The van der Waals surface area contributed by atoms with Crippen molar-refractivity contribution in [1.29, 1.82) is 0 Å². The van der Waals surface area contributed by atoms with Gasteiger partial charge in [-0.25, -0.2) is 4.98 Å². The quantitative estimate of drug-likeness (QED) is 0.627. The van der Waals surface area contributed by atoms with Gasteiger partial charge in [0.2, 0.25) is 5.95 Å². The second-order valence-electron chi connectivity index (χ2n) is 5.12. The lowest BCUT2D eigenvalue weighted by molar-refractivity contribution is 0.0953. The van der Waals surface area contributed by atoms with Crippen molar-refractivity contribution >= 4 is 51.8 Å². The first-order valence-electron chi connectivity index (χ1n) is 7.45. The normalized spacial score (nSPS) is 10.7. The minimum atomic E-state index is -0.217. The first-order valence-corrected chi connectivity index (χ1v) is 8.21. The number of nitrogens with zero attached hydrogens (tertiary/aromatic N) is 2. The molecule has 0 saturated heterocycles. The smallest absolute Gasteiger partial charge is 0.255 e. The van der Waals surface area contributed by atoms with Gasteiger partial charge in [0.25, 0.3) is 5.91 Å². The van der Waals surface area contributed by atoms with E-state index in [0.29, 0.717) is 50.6 Å². The van der Waals surface area contributed by atoms with Crippen molar-refractivity contribution in [2.24, 2.45) is 0 Å². The van der Waals surface area contributed by atoms with Crippen molar-refractivity contribution in [3.63, 3.8) is 0 Å². The van der Waals surface area contributed by atoms with Crippen LogP contribution < -0.4 is 15.4 Å². The molecule has 130 valence electrons. The number of benzene rings is 1. The van der Waals surface area contributed by atoms with Crippen LogP contribution in [0.5, 0.6) is 5.75 Å². The van der Waals surface area contributed by atoms with Crippen LogP contribution in [0.4, 0.5) is 11.6 Å². The van der Waals surface area contributed by atoms with Gasteiger partial charge >= 0.3 is 0 Å². The first-order chi connectivity index (χ1) is 12.0. The number of aromatic nitrogens is 3. The van der Waals surface area contributed by atoms with Crippen molar-refractivity contribution < 1.29 is 9.53 Å². The molecule has 3 rings (SSSR count). The highest BCUT2D eigenvalue weighted by Crippen LogP contribution is 2.32. The van der Waals surface area contributed by atoms with E-state index in [9.17, 15) is 4.79 Å². The third-order valence-electron chi connectivity index (χ3n) is 3.48. The van der Waals surface area contributed by atoms with E-state index in [-0.39, 0.29) is 5.91 Å². The number of aromatic amines is 1. The number of carbonyl (C=O) groups excluding carboxylic acids is 1. The fraction of sp³-hybridized carbons (Fsp3) is 0.188. The summed E-state index contributed by atoms with van der Waals surface area (Å²) in [6, 6.07) is 3.38. The molecule has 2 heterocycles. The predicted octanol–water partition coefficient (Wildman–Crippen LogP) is 3.77. The van der Waals surface area contributed by atoms with Crippen molar-refractivity contribution in [2.45, 2.75) is 6.92 Å². The molecule has 0 saturated carbocycles. The summed E-state index contributed by atoms with van der Waals surface area (Å²) in [5, 5.41) is 6.52. The lowest BCUT2D eigenvalue weighted by Gasteiger charge is -2.07. The molecule has 0 radical (unpaired) electrons. The molecule has 1 aromatic carbocycles. The van der Waals surface area contributed by atoms with E-state index in [1.165, 1.54) is 19.5 Å². The number of carbonyl (C=O) groups is 1. The Morgan fingerprint density at radius 1 is 1.28 bits per heavy atom. The Bertz CT molecular complexity index is 921. The van der Waals surface area contributed by atoms with Gasteiger partial charge in [-0.1, -0.05) is 23.2 Å². The summed E-state index contributed by atoms with van der Waals surface area (Å²) < 4.78 is 5.30. The van der Waals surface area contributed by atoms with Crippen LogP contribution in [-0.4, -0.2) is 34.5 Å². The summed E-state index contributed by atoms with van der Waals surface area (Å²) in [6.45, 7) is 2.37. The molecule has 2 aromatic heterocycles. The van der Waals surface area contributed by atoms with Crippen LogP contribution in [0.15, 0.2) is 24.5 Å². The second-order valence-corrected chi connectivity index (χ2v) is 5.93. The second kappa shape index (κ2) is 7.16. The summed E-state index contributed by atoms with van der Waals surface area (Å²) in [7, 11) is 1.51. The number of pyridine rings is 1. The Hall–Kier alpha value is -2.51. The molecule has 7 nitrogen and oxygen atoms in total. The van der Waals surface area contributed by atoms with Crippen LogP contribution in [0.25, 0.3) is 11.0 Å². The molecular weight excluding hydrogens is 365 g/mol. The zero-order valence-corrected chi connectivity index (χ0v) is 15.0. The molecule has 3 aromatic rings. The number of fused-ring (bicyclic) bond motifs is 1. The van der Waals surface area contributed by atoms with E-state index in [1.54, 1.807) is 12.1 Å². The highest BCUT2D eigenvalue weighted by atomic mass is 35.5. The molecular formula is C16H15Cl2N5O2. The monoisotopic (exact) mass is 379 g/mol. The van der Waals surface area contributed by atoms with Crippen molar-refractivity contribution in [1.82, 2.24) is 20.3 Å². The van der Waals surface area contributed by atoms with Crippen LogP contribution >= 0.6 is 23.2 Å². The molecule has 9 heteroatoms. The van der Waals surface area contributed by atoms with Crippen LogP contribution in [0.2, 0.25) is 10.0 Å². The number of nitrogens with one attached hydrogen (secondary N) is 3. The standard InChI is InChI=1S/C16H15Cl2N5O2/c1-3-20-15(24)8-4-11-12(5-13(8)25-2)22-16(21-11)23-14-9(17)6-19-7-10(14)18/h4-7H,3H2,1-2H3,(H,20,24)(H2,19,21,22,23). The molecule has 1 amide bonds. The number of ether oxygens (including phenoxy) is 1. The summed E-state index contributed by atoms with van der Waals surface area (Å²) in [6.07, 6.45) is 2.96. The fourth-order valence-corrected chi connectivity index (χ4v) is 2.81. The highest BCUT2D eigenvalue weighted by molar-refractivity contribution is 6.39. The van der Waals surface area contributed by atoms with Crippen LogP contribution in [0.1, 0.15) is 17.3 Å². The lowest BCUT2D eigenvalue weighted by Crippen LogP contribution is -2.23. The van der Waals surface area contributed by atoms with Gasteiger partial charge < -0.3 is 20.4 Å². The van der Waals surface area contributed by atoms with Gasteiger partial charge in [0.15, 0.2) is 0 Å². The lowest BCUT2D eigenvalue weighted by atomic mass is 10.1. The van der Waals surface area contributed by atoms with Gasteiger partial charge in [0.1, 0.15) is 5.75 Å². The average molecular weight is 380 g/mol. The molecule has 0 fully saturated rings. The largest absolute Gasteiger partial charge is 0.496 e. The van der Waals surface area contributed by atoms with Gasteiger partial charge in [-0.15, -0.1) is 0 Å². The van der Waals surface area contributed by atoms with Gasteiger partial charge in [0.05, 0.1) is 39.4 Å². The minimum absolute atomic E-state index is 0.217. The van der Waals surface area contributed by atoms with Gasteiger partial charge in [-0.3, -0.25) is 9.78 Å². The number of rotatable bonds is 5. The fourth-order valence-electron chi connectivity index (χ4n) is 2.35. The number of halogens is 2. The summed E-state index contributed by atoms with van der Waals surface area (Å²) >= 11 is 12.2. The Labute approximate surface area is 153 Å². The Balaban J connectivity index is 2.01. The molecule has 0 aliphatic carbocycles. The molecule has 0 aliphatic heterocycles. The van der Waals surface area contributed by atoms with E-state index >= 15 is 0 Å². The third kappa shape index (κ3) is 3.47. The maximum Gasteiger partial charge on any atom is 0.255 e. The molecule has 0 bridgehead atoms. The molecule has 0 atom stereocenters. The highest BCUT2D eigenvalue weighted by Gasteiger charge is 2.16. The van der Waals surface area contributed by atoms with E-state index < -0.39 is 0 Å². The topological polar surface area (TPSA) is 91.9 Å². The number of amides is 1. The minimum Gasteiger partial charge on any atom is -0.496 e. The van der Waals surface area contributed by atoms with Crippen molar-refractivity contribution in [3.05, 3.63) is 40.1 Å². The number of hydrogen-bond acceptors (Lipinski definition) is 5. The molecule has 25 heavy (non-hydrogen) atoms. The van der Waals surface area contributed by atoms with Crippen LogP contribution in [0.3, 0.4) is 0 Å². The van der Waals surface area contributed by atoms with Gasteiger partial charge in [0, 0.05) is 25.0 Å². The Morgan fingerprint density at radius 2 is 2.00 bits per heavy atom. The SMILES string of the molecule is CCNC(=O)c1cc2[nH]c(Nc3c(Cl)cncc3Cl)nc2cc1OC. The average Bonchev–Trinajstić information content (AvgIpc) is 2.98. The van der Waals surface area contributed by atoms with Crippen molar-refractivity contribution in [3.8, 4) is 5.75 Å².